The van der Waals surface area contributed by atoms with Gasteiger partial charge in [-0.1, -0.05) is 158 Å². The van der Waals surface area contributed by atoms with Gasteiger partial charge in [0.25, 0.3) is 0 Å². The van der Waals surface area contributed by atoms with Crippen molar-refractivity contribution in [3.05, 3.63) is 251 Å². The van der Waals surface area contributed by atoms with Crippen molar-refractivity contribution in [2.24, 2.45) is 0 Å². The first kappa shape index (κ1) is 72.0. The van der Waals surface area contributed by atoms with Crippen LogP contribution >= 0.6 is 17.2 Å². The van der Waals surface area contributed by atoms with E-state index in [4.69, 9.17) is 55.6 Å². The fraction of sp³-hybridized carbons (Fsp3) is 0.225. The highest BCUT2D eigenvalue weighted by Gasteiger charge is 2.37. The highest BCUT2D eigenvalue weighted by atomic mass is 31.2. The van der Waals surface area contributed by atoms with Gasteiger partial charge in [0.15, 0.2) is 11.5 Å². The number of hydrogen-bond acceptors (Lipinski definition) is 18. The molecule has 514 valence electrons. The number of ether oxygens (including phenoxy) is 6. The quantitative estimate of drug-likeness (QED) is 0.0184. The van der Waals surface area contributed by atoms with Crippen LogP contribution in [0.25, 0.3) is 32.7 Å². The van der Waals surface area contributed by atoms with E-state index in [-0.39, 0.29) is 93.9 Å². The van der Waals surface area contributed by atoms with Crippen molar-refractivity contribution < 1.29 is 84.3 Å². The summed E-state index contributed by atoms with van der Waals surface area (Å²) in [5.41, 5.74) is 2.63. The van der Waals surface area contributed by atoms with E-state index in [0.29, 0.717) is 54.9 Å². The Bertz CT molecular complexity index is 4190. The predicted molar refractivity (Wildman–Crippen MR) is 382 cm³/mol. The van der Waals surface area contributed by atoms with Crippen molar-refractivity contribution in [2.75, 3.05) is 0 Å². The standard InChI is InChI=1S/C80H76O18P2/c1-49(2)87-71(81)45-57-31-15-23-39-67(57)93-99(94-68-40-24-16-32-58(68)46-72(82)88-50(3)4)97-77-63(79(85)91-65-37-21-11-27-53(65)9)43-55-29-13-19-35-61(55)75(77)76-62-36-20-14-30-56(62)44-64(80(86)92-66-38-22-12-28-54(66)10)78(76)98-100(95-69-41-25-17-33-59(69)47-73(83)89-51(5)6)96-70-42-26-18-34-60(70)48-74(84)90-52(7)8/h11-44,49-52H,45-48H2,1-10H3. The number of esters is 6. The maximum Gasteiger partial charge on any atom is 0.530 e. The molecule has 0 spiro atoms. The minimum atomic E-state index is -2.97. The Morgan fingerprint density at radius 2 is 0.560 bits per heavy atom. The predicted octanol–water partition coefficient (Wildman–Crippen LogP) is 18.2. The number of aryl methyl sites for hydroxylation is 2. The van der Waals surface area contributed by atoms with E-state index in [2.05, 4.69) is 0 Å². The summed E-state index contributed by atoms with van der Waals surface area (Å²) in [4.78, 5) is 85.9. The lowest BCUT2D eigenvalue weighted by Crippen LogP contribution is -2.16. The van der Waals surface area contributed by atoms with Crippen LogP contribution in [0, 0.1) is 13.8 Å². The second-order valence-corrected chi connectivity index (χ2v) is 26.3. The molecule has 100 heavy (non-hydrogen) atoms. The minimum Gasteiger partial charge on any atom is -0.463 e. The van der Waals surface area contributed by atoms with Crippen LogP contribution in [0.1, 0.15) is 109 Å². The van der Waals surface area contributed by atoms with Gasteiger partial charge in [-0.05, 0) is 150 Å². The third-order valence-electron chi connectivity index (χ3n) is 15.0. The van der Waals surface area contributed by atoms with Crippen LogP contribution in [0.2, 0.25) is 0 Å². The van der Waals surface area contributed by atoms with E-state index in [9.17, 15) is 19.2 Å². The molecule has 0 saturated carbocycles. The van der Waals surface area contributed by atoms with Gasteiger partial charge in [-0.3, -0.25) is 19.2 Å². The first-order chi connectivity index (χ1) is 48.1. The van der Waals surface area contributed by atoms with E-state index >= 15 is 9.59 Å². The highest BCUT2D eigenvalue weighted by molar-refractivity contribution is 7.43. The molecule has 0 aliphatic carbocycles. The van der Waals surface area contributed by atoms with Gasteiger partial charge in [-0.15, -0.1) is 0 Å². The summed E-state index contributed by atoms with van der Waals surface area (Å²) in [6.07, 6.45) is -2.74. The van der Waals surface area contributed by atoms with E-state index in [1.54, 1.807) is 263 Å². The largest absolute Gasteiger partial charge is 0.530 e. The van der Waals surface area contributed by atoms with Crippen LogP contribution in [0.3, 0.4) is 0 Å². The topological polar surface area (TPSA) is 213 Å². The molecule has 0 bridgehead atoms. The Labute approximate surface area is 583 Å². The third-order valence-corrected chi connectivity index (χ3v) is 17.1. The molecular weight excluding hydrogens is 1310 g/mol. The number of para-hydroxylation sites is 6. The van der Waals surface area contributed by atoms with Gasteiger partial charge >= 0.3 is 53.0 Å². The Balaban J connectivity index is 1.29. The van der Waals surface area contributed by atoms with Crippen LogP contribution in [0.15, 0.2) is 206 Å². The molecule has 0 amide bonds. The van der Waals surface area contributed by atoms with Gasteiger partial charge in [0.05, 0.1) is 50.1 Å². The van der Waals surface area contributed by atoms with Crippen LogP contribution in [0.4, 0.5) is 0 Å². The molecule has 0 N–H and O–H groups in total. The summed E-state index contributed by atoms with van der Waals surface area (Å²) in [5.74, 6) is -3.52. The van der Waals surface area contributed by atoms with Gasteiger partial charge < -0.3 is 55.6 Å². The van der Waals surface area contributed by atoms with Crippen molar-refractivity contribution in [3.8, 4) is 57.1 Å². The van der Waals surface area contributed by atoms with Crippen LogP contribution in [0.5, 0.6) is 46.0 Å². The SMILES string of the molecule is Cc1ccccc1OC(=O)c1cc2ccccc2c(-c2c(OP(Oc3ccccc3CC(=O)OC(C)C)Oc3ccccc3CC(=O)OC(C)C)c(C(=O)Oc3ccccc3C)cc3ccccc23)c1OP(Oc1ccccc1CC(=O)OC(C)C)Oc1ccccc1CC(=O)OC(C)C. The molecule has 0 aromatic heterocycles. The number of carbonyl (C=O) groups is 6. The average molecular weight is 1390 g/mol. The lowest BCUT2D eigenvalue weighted by Gasteiger charge is -2.27. The molecule has 0 unspecified atom stereocenters. The average Bonchev–Trinajstić information content (AvgIpc) is 0.729. The Kier molecular flexibility index (Phi) is 24.2. The lowest BCUT2D eigenvalue weighted by molar-refractivity contribution is -0.147. The maximum absolute atomic E-state index is 15.8. The number of rotatable bonds is 29. The molecule has 18 nitrogen and oxygen atoms in total. The highest BCUT2D eigenvalue weighted by Crippen LogP contribution is 2.56. The van der Waals surface area contributed by atoms with Crippen molar-refractivity contribution in [2.45, 2.75) is 119 Å². The van der Waals surface area contributed by atoms with Gasteiger partial charge in [0.1, 0.15) is 45.6 Å². The molecule has 0 aliphatic rings. The molecule has 0 heterocycles. The Morgan fingerprint density at radius 1 is 0.310 bits per heavy atom. The summed E-state index contributed by atoms with van der Waals surface area (Å²) in [6, 6.07) is 58.5. The second-order valence-electron chi connectivity index (χ2n) is 24.3. The van der Waals surface area contributed by atoms with E-state index in [1.807, 2.05) is 12.1 Å². The van der Waals surface area contributed by atoms with Gasteiger partial charge in [0, 0.05) is 33.4 Å². The van der Waals surface area contributed by atoms with Gasteiger partial charge in [-0.2, -0.15) is 0 Å². The zero-order valence-electron chi connectivity index (χ0n) is 57.0. The summed E-state index contributed by atoms with van der Waals surface area (Å²) in [5, 5.41) is 1.78. The summed E-state index contributed by atoms with van der Waals surface area (Å²) < 4.78 is 78.0. The van der Waals surface area contributed by atoms with Crippen molar-refractivity contribution in [1.82, 2.24) is 0 Å². The summed E-state index contributed by atoms with van der Waals surface area (Å²) in [7, 11) is -5.93. The van der Waals surface area contributed by atoms with E-state index in [0.717, 1.165) is 0 Å². The molecule has 0 saturated heterocycles. The molecule has 10 rings (SSSR count). The number of carbonyl (C=O) groups excluding carboxylic acids is 6. The molecule has 0 aliphatic heterocycles. The molecule has 0 radical (unpaired) electrons. The monoisotopic (exact) mass is 1390 g/mol. The number of hydrogen-bond donors (Lipinski definition) is 0. The Hall–Kier alpha value is -10.8. The molecule has 20 heteroatoms. The maximum atomic E-state index is 15.8. The smallest absolute Gasteiger partial charge is 0.463 e. The number of fused-ring (bicyclic) bond motifs is 2. The van der Waals surface area contributed by atoms with Crippen LogP contribution in [-0.2, 0) is 63.8 Å². The first-order valence-electron chi connectivity index (χ1n) is 32.6. The fourth-order valence-corrected chi connectivity index (χ4v) is 12.9. The molecule has 10 aromatic carbocycles. The third kappa shape index (κ3) is 18.9. The van der Waals surface area contributed by atoms with Gasteiger partial charge in [-0.25, -0.2) is 9.59 Å². The van der Waals surface area contributed by atoms with Crippen molar-refractivity contribution >= 4 is 74.6 Å². The normalized spacial score (nSPS) is 11.2. The van der Waals surface area contributed by atoms with Crippen LogP contribution < -0.4 is 36.6 Å². The summed E-state index contributed by atoms with van der Waals surface area (Å²) in [6.45, 7) is 17.5. The molecular formula is C80H76O18P2. The molecule has 0 fully saturated rings. The molecule has 10 aromatic rings. The van der Waals surface area contributed by atoms with Gasteiger partial charge in [0.2, 0.25) is 0 Å². The zero-order chi connectivity index (χ0) is 71.0. The van der Waals surface area contributed by atoms with Crippen molar-refractivity contribution in [1.29, 1.82) is 0 Å². The minimum absolute atomic E-state index is 0.109. The van der Waals surface area contributed by atoms with E-state index < -0.39 is 77.4 Å². The zero-order valence-corrected chi connectivity index (χ0v) is 58.8. The van der Waals surface area contributed by atoms with Crippen molar-refractivity contribution in [3.63, 3.8) is 0 Å². The second kappa shape index (κ2) is 33.6. The first-order valence-corrected chi connectivity index (χ1v) is 34.8. The van der Waals surface area contributed by atoms with E-state index in [1.165, 1.54) is 0 Å². The summed E-state index contributed by atoms with van der Waals surface area (Å²) >= 11 is 0. The molecule has 0 atom stereocenters. The lowest BCUT2D eigenvalue weighted by atomic mass is 9.88. The Morgan fingerprint density at radius 3 is 0.840 bits per heavy atom. The van der Waals surface area contributed by atoms with Crippen LogP contribution in [-0.4, -0.2) is 60.2 Å². The number of benzene rings is 10. The fourth-order valence-electron chi connectivity index (χ4n) is 10.7.